The number of sulfone groups is 1. The number of hydrogen-bond donors (Lipinski definition) is 2. The molecule has 0 fully saturated rings. The van der Waals surface area contributed by atoms with E-state index in [1.807, 2.05) is 30.3 Å². The quantitative estimate of drug-likeness (QED) is 0.696. The van der Waals surface area contributed by atoms with E-state index in [0.29, 0.717) is 12.8 Å². The second-order valence-corrected chi connectivity index (χ2v) is 6.86. The van der Waals surface area contributed by atoms with Gasteiger partial charge in [0.15, 0.2) is 9.84 Å². The van der Waals surface area contributed by atoms with Gasteiger partial charge in [0.1, 0.15) is 5.75 Å². The zero-order chi connectivity index (χ0) is 15.7. The first-order valence-electron chi connectivity index (χ1n) is 6.62. The van der Waals surface area contributed by atoms with Crippen molar-refractivity contribution in [3.63, 3.8) is 0 Å². The van der Waals surface area contributed by atoms with Crippen LogP contribution in [0.25, 0.3) is 0 Å². The molecule has 0 atom stereocenters. The average molecular weight is 313 g/mol. The summed E-state index contributed by atoms with van der Waals surface area (Å²) in [6.07, 6.45) is 0.870. The molecule has 1 rings (SSSR count). The monoisotopic (exact) mass is 313 g/mol. The fraction of sp³-hybridized carbons (Fsp3) is 0.429. The first kappa shape index (κ1) is 17.2. The Balaban J connectivity index is 2.29. The van der Waals surface area contributed by atoms with Crippen LogP contribution in [0.3, 0.4) is 0 Å². The Bertz CT molecular complexity index is 568. The van der Waals surface area contributed by atoms with E-state index in [-0.39, 0.29) is 18.7 Å². The molecule has 0 aliphatic heterocycles. The lowest BCUT2D eigenvalue weighted by Gasteiger charge is -2.05. The van der Waals surface area contributed by atoms with Crippen molar-refractivity contribution in [3.8, 4) is 0 Å². The van der Waals surface area contributed by atoms with Gasteiger partial charge in [-0.25, -0.2) is 8.42 Å². The Morgan fingerprint density at radius 2 is 1.81 bits per heavy atom. The number of benzene rings is 1. The minimum atomic E-state index is -3.46. The topological polar surface area (TPSA) is 101 Å². The molecule has 0 heterocycles. The first-order valence-corrected chi connectivity index (χ1v) is 8.44. The molecule has 6 nitrogen and oxygen atoms in total. The molecule has 0 bridgehead atoms. The van der Waals surface area contributed by atoms with E-state index in [9.17, 15) is 18.0 Å². The number of amides is 1. The van der Waals surface area contributed by atoms with Crippen LogP contribution in [0.1, 0.15) is 18.4 Å². The summed E-state index contributed by atoms with van der Waals surface area (Å²) in [7, 11) is -3.46. The zero-order valence-electron chi connectivity index (χ0n) is 11.6. The van der Waals surface area contributed by atoms with Crippen LogP contribution < -0.4 is 5.32 Å². The highest BCUT2D eigenvalue weighted by atomic mass is 32.2. The van der Waals surface area contributed by atoms with Gasteiger partial charge < -0.3 is 10.4 Å². The highest BCUT2D eigenvalue weighted by molar-refractivity contribution is 7.92. The molecule has 0 unspecified atom stereocenters. The number of carboxylic acids is 1. The maximum atomic E-state index is 11.8. The predicted octanol–water partition coefficient (Wildman–Crippen LogP) is 0.625. The second kappa shape index (κ2) is 8.41. The number of aryl methyl sites for hydroxylation is 1. The van der Waals surface area contributed by atoms with E-state index in [1.165, 1.54) is 0 Å². The highest BCUT2D eigenvalue weighted by Gasteiger charge is 2.16. The lowest BCUT2D eigenvalue weighted by atomic mass is 10.1. The normalized spacial score (nSPS) is 11.0. The van der Waals surface area contributed by atoms with Crippen LogP contribution in [0.15, 0.2) is 30.3 Å². The van der Waals surface area contributed by atoms with Crippen LogP contribution in [0.5, 0.6) is 0 Å². The Morgan fingerprint density at radius 1 is 1.14 bits per heavy atom. The molecule has 0 aliphatic rings. The minimum absolute atomic E-state index is 0.0613. The summed E-state index contributed by atoms with van der Waals surface area (Å²) in [5.74, 6) is -2.35. The zero-order valence-corrected chi connectivity index (χ0v) is 12.4. The highest BCUT2D eigenvalue weighted by Crippen LogP contribution is 2.04. The van der Waals surface area contributed by atoms with Crippen LogP contribution in [0.2, 0.25) is 0 Å². The standard InChI is InChI=1S/C14H19NO5S/c16-13(15-9-8-14(17)18)11-21(19,20)10-4-7-12-5-2-1-3-6-12/h1-3,5-6H,4,7-11H2,(H,15,16)(H,17,18). The summed E-state index contributed by atoms with van der Waals surface area (Å²) in [4.78, 5) is 21.7. The Kier molecular flexibility index (Phi) is 6.87. The van der Waals surface area contributed by atoms with E-state index in [1.54, 1.807) is 0 Å². The number of carbonyl (C=O) groups excluding carboxylic acids is 1. The van der Waals surface area contributed by atoms with Gasteiger partial charge in [0.2, 0.25) is 5.91 Å². The van der Waals surface area contributed by atoms with Gasteiger partial charge in [0.05, 0.1) is 12.2 Å². The molecule has 7 heteroatoms. The third-order valence-electron chi connectivity index (χ3n) is 2.78. The molecular formula is C14H19NO5S. The van der Waals surface area contributed by atoms with Crippen LogP contribution in [-0.4, -0.2) is 43.5 Å². The number of nitrogens with one attached hydrogen (secondary N) is 1. The lowest BCUT2D eigenvalue weighted by molar-refractivity contribution is -0.136. The van der Waals surface area contributed by atoms with E-state index in [2.05, 4.69) is 5.32 Å². The number of carbonyl (C=O) groups is 2. The molecule has 1 aromatic carbocycles. The van der Waals surface area contributed by atoms with E-state index < -0.39 is 27.5 Å². The SMILES string of the molecule is O=C(O)CCNC(=O)CS(=O)(=O)CCCc1ccccc1. The third-order valence-corrected chi connectivity index (χ3v) is 4.39. The van der Waals surface area contributed by atoms with E-state index >= 15 is 0 Å². The van der Waals surface area contributed by atoms with E-state index in [0.717, 1.165) is 5.56 Å². The van der Waals surface area contributed by atoms with Crippen LogP contribution in [0.4, 0.5) is 0 Å². The fourth-order valence-corrected chi connectivity index (χ4v) is 3.00. The Morgan fingerprint density at radius 3 is 2.43 bits per heavy atom. The third kappa shape index (κ3) is 8.09. The average Bonchev–Trinajstić information content (AvgIpc) is 2.38. The molecule has 0 saturated heterocycles. The summed E-state index contributed by atoms with van der Waals surface area (Å²) >= 11 is 0. The van der Waals surface area contributed by atoms with Crippen molar-refractivity contribution in [1.29, 1.82) is 0 Å². The summed E-state index contributed by atoms with van der Waals surface area (Å²) in [6.45, 7) is -0.0618. The molecule has 1 aromatic rings. The number of aliphatic carboxylic acids is 1. The molecule has 0 spiro atoms. The van der Waals surface area contributed by atoms with Crippen LogP contribution in [-0.2, 0) is 25.8 Å². The fourth-order valence-electron chi connectivity index (χ4n) is 1.77. The van der Waals surface area contributed by atoms with Crippen molar-refractivity contribution in [2.75, 3.05) is 18.1 Å². The molecule has 116 valence electrons. The summed E-state index contributed by atoms with van der Waals surface area (Å²) < 4.78 is 23.5. The Labute approximate surface area is 124 Å². The van der Waals surface area contributed by atoms with Gasteiger partial charge in [0.25, 0.3) is 0 Å². The maximum Gasteiger partial charge on any atom is 0.305 e. The van der Waals surface area contributed by atoms with E-state index in [4.69, 9.17) is 5.11 Å². The number of hydrogen-bond acceptors (Lipinski definition) is 4. The predicted molar refractivity (Wildman–Crippen MR) is 78.7 cm³/mol. The van der Waals surface area contributed by atoms with Crippen molar-refractivity contribution in [2.24, 2.45) is 0 Å². The molecule has 1 amide bonds. The minimum Gasteiger partial charge on any atom is -0.481 e. The summed E-state index contributed by atoms with van der Waals surface area (Å²) in [5.41, 5.74) is 1.05. The van der Waals surface area contributed by atoms with Gasteiger partial charge >= 0.3 is 5.97 Å². The maximum absolute atomic E-state index is 11.8. The molecule has 2 N–H and O–H groups in total. The van der Waals surface area contributed by atoms with Gasteiger partial charge in [-0.15, -0.1) is 0 Å². The molecular weight excluding hydrogens is 294 g/mol. The van der Waals surface area contributed by atoms with Crippen molar-refractivity contribution < 1.29 is 23.1 Å². The summed E-state index contributed by atoms with van der Waals surface area (Å²) in [6, 6.07) is 9.51. The molecule has 21 heavy (non-hydrogen) atoms. The first-order chi connectivity index (χ1) is 9.89. The Hall–Kier alpha value is -1.89. The van der Waals surface area contributed by atoms with Gasteiger partial charge in [-0.3, -0.25) is 9.59 Å². The van der Waals surface area contributed by atoms with Gasteiger partial charge in [-0.05, 0) is 18.4 Å². The lowest BCUT2D eigenvalue weighted by Crippen LogP contribution is -2.32. The summed E-state index contributed by atoms with van der Waals surface area (Å²) in [5, 5.41) is 10.7. The molecule has 0 aromatic heterocycles. The van der Waals surface area contributed by atoms with Crippen molar-refractivity contribution in [1.82, 2.24) is 5.32 Å². The largest absolute Gasteiger partial charge is 0.481 e. The van der Waals surface area contributed by atoms with Crippen molar-refractivity contribution in [3.05, 3.63) is 35.9 Å². The van der Waals surface area contributed by atoms with Crippen LogP contribution >= 0.6 is 0 Å². The number of carboxylic acid groups (broad SMARTS) is 1. The molecule has 0 saturated carbocycles. The number of rotatable bonds is 9. The molecule has 0 aliphatic carbocycles. The van der Waals surface area contributed by atoms with Gasteiger partial charge in [-0.1, -0.05) is 30.3 Å². The van der Waals surface area contributed by atoms with Gasteiger partial charge in [-0.2, -0.15) is 0 Å². The van der Waals surface area contributed by atoms with Crippen LogP contribution in [0, 0.1) is 0 Å². The van der Waals surface area contributed by atoms with Crippen molar-refractivity contribution >= 4 is 21.7 Å². The van der Waals surface area contributed by atoms with Gasteiger partial charge in [0, 0.05) is 6.54 Å². The smallest absolute Gasteiger partial charge is 0.305 e. The van der Waals surface area contributed by atoms with Crippen molar-refractivity contribution in [2.45, 2.75) is 19.3 Å². The molecule has 0 radical (unpaired) electrons. The second-order valence-electron chi connectivity index (χ2n) is 4.67.